The Hall–Kier alpha value is -2.90. The van der Waals surface area contributed by atoms with Gasteiger partial charge in [-0.2, -0.15) is 0 Å². The van der Waals surface area contributed by atoms with Crippen LogP contribution < -0.4 is 4.74 Å². The average Bonchev–Trinajstić information content (AvgIpc) is 3.25. The van der Waals surface area contributed by atoms with Crippen molar-refractivity contribution in [3.63, 3.8) is 0 Å². The van der Waals surface area contributed by atoms with Gasteiger partial charge in [-0.05, 0) is 50.7 Å². The van der Waals surface area contributed by atoms with Crippen molar-refractivity contribution in [2.45, 2.75) is 45.4 Å². The molecular formula is C24H33N5O3. The predicted octanol–water partition coefficient (Wildman–Crippen LogP) is 2.69. The van der Waals surface area contributed by atoms with Crippen LogP contribution in [0.25, 0.3) is 0 Å². The molecule has 3 heterocycles. The number of nitrogens with zero attached hydrogens (tertiary/aromatic N) is 5. The van der Waals surface area contributed by atoms with Gasteiger partial charge < -0.3 is 14.5 Å². The van der Waals surface area contributed by atoms with E-state index in [0.717, 1.165) is 31.4 Å². The molecule has 2 aliphatic heterocycles. The number of rotatable bonds is 2. The van der Waals surface area contributed by atoms with Crippen molar-refractivity contribution in [3.8, 4) is 5.75 Å². The minimum absolute atomic E-state index is 0.106. The summed E-state index contributed by atoms with van der Waals surface area (Å²) in [7, 11) is 1.75. The fraction of sp³-hybridized carbons (Fsp3) is 0.583. The van der Waals surface area contributed by atoms with Crippen LogP contribution in [0.4, 0.5) is 0 Å². The van der Waals surface area contributed by atoms with Gasteiger partial charge in [-0.15, -0.1) is 5.10 Å². The fourth-order valence-electron chi connectivity index (χ4n) is 4.95. The van der Waals surface area contributed by atoms with Gasteiger partial charge in [0.25, 0.3) is 5.91 Å². The molecule has 2 amide bonds. The molecule has 1 saturated heterocycles. The summed E-state index contributed by atoms with van der Waals surface area (Å²) in [5.74, 6) is 1.04. The van der Waals surface area contributed by atoms with E-state index in [0.29, 0.717) is 51.3 Å². The van der Waals surface area contributed by atoms with E-state index >= 15 is 0 Å². The first kappa shape index (κ1) is 22.3. The molecule has 0 unspecified atom stereocenters. The molecule has 8 heteroatoms. The summed E-state index contributed by atoms with van der Waals surface area (Å²) in [4.78, 5) is 30.3. The van der Waals surface area contributed by atoms with Crippen molar-refractivity contribution in [2.75, 3.05) is 32.8 Å². The second-order valence-corrected chi connectivity index (χ2v) is 8.90. The molecule has 1 aromatic heterocycles. The lowest BCUT2D eigenvalue weighted by Crippen LogP contribution is -2.52. The maximum atomic E-state index is 13.7. The molecule has 2 aliphatic rings. The molecule has 172 valence electrons. The first-order valence-corrected chi connectivity index (χ1v) is 11.7. The molecule has 4 rings (SSSR count). The summed E-state index contributed by atoms with van der Waals surface area (Å²) in [5, 5.41) is 7.83. The maximum absolute atomic E-state index is 13.7. The third kappa shape index (κ3) is 4.64. The van der Waals surface area contributed by atoms with Crippen LogP contribution >= 0.6 is 0 Å². The first-order chi connectivity index (χ1) is 15.5. The van der Waals surface area contributed by atoms with E-state index in [9.17, 15) is 9.59 Å². The smallest absolute Gasteiger partial charge is 0.276 e. The fourth-order valence-corrected chi connectivity index (χ4v) is 4.95. The third-order valence-corrected chi connectivity index (χ3v) is 6.89. The van der Waals surface area contributed by atoms with E-state index in [1.165, 1.54) is 10.2 Å². The van der Waals surface area contributed by atoms with Crippen molar-refractivity contribution in [2.24, 2.45) is 12.5 Å². The van der Waals surface area contributed by atoms with Gasteiger partial charge in [0, 0.05) is 26.7 Å². The second-order valence-electron chi connectivity index (χ2n) is 8.90. The minimum atomic E-state index is -0.409. The van der Waals surface area contributed by atoms with Gasteiger partial charge in [0.1, 0.15) is 12.4 Å². The third-order valence-electron chi connectivity index (χ3n) is 6.89. The molecular weight excluding hydrogens is 406 g/mol. The summed E-state index contributed by atoms with van der Waals surface area (Å²) in [6, 6.07) is 8.21. The van der Waals surface area contributed by atoms with E-state index in [2.05, 4.69) is 22.4 Å². The zero-order valence-corrected chi connectivity index (χ0v) is 19.1. The Morgan fingerprint density at radius 3 is 2.62 bits per heavy atom. The van der Waals surface area contributed by atoms with Gasteiger partial charge in [0.05, 0.1) is 18.2 Å². The lowest BCUT2D eigenvalue weighted by molar-refractivity contribution is -0.145. The quantitative estimate of drug-likeness (QED) is 0.719. The molecule has 1 aromatic carbocycles. The number of aryl methyl sites for hydroxylation is 2. The molecule has 1 spiro atoms. The van der Waals surface area contributed by atoms with Crippen molar-refractivity contribution in [1.82, 2.24) is 24.8 Å². The highest BCUT2D eigenvalue weighted by atomic mass is 16.5. The Balaban J connectivity index is 1.48. The van der Waals surface area contributed by atoms with Gasteiger partial charge >= 0.3 is 0 Å². The minimum Gasteiger partial charge on any atom is -0.491 e. The van der Waals surface area contributed by atoms with Crippen LogP contribution in [0.2, 0.25) is 0 Å². The molecule has 0 saturated carbocycles. The number of piperidine rings is 1. The standard InChI is InChI=1S/C24H33N5O3/c1-3-28-16-17-32-21-10-5-4-8-19(21)9-6-7-11-24(23(28)31)12-14-29(15-13-24)22(30)20-18-27(2)26-25-20/h4-5,8,10,18H,3,6-7,9,11-17H2,1-2H3. The van der Waals surface area contributed by atoms with E-state index < -0.39 is 5.41 Å². The lowest BCUT2D eigenvalue weighted by Gasteiger charge is -2.43. The Labute approximate surface area is 189 Å². The normalized spacial score (nSPS) is 19.6. The topological polar surface area (TPSA) is 80.6 Å². The van der Waals surface area contributed by atoms with Crippen LogP contribution in [0.3, 0.4) is 0 Å². The van der Waals surface area contributed by atoms with Crippen molar-refractivity contribution < 1.29 is 14.3 Å². The van der Waals surface area contributed by atoms with E-state index in [4.69, 9.17) is 4.74 Å². The Morgan fingerprint density at radius 1 is 1.12 bits per heavy atom. The Kier molecular flexibility index (Phi) is 6.77. The van der Waals surface area contributed by atoms with Crippen LogP contribution in [0.15, 0.2) is 30.5 Å². The lowest BCUT2D eigenvalue weighted by atomic mass is 9.73. The number of hydrogen-bond acceptors (Lipinski definition) is 5. The summed E-state index contributed by atoms with van der Waals surface area (Å²) in [5.41, 5.74) is 1.19. The molecule has 0 aliphatic carbocycles. The van der Waals surface area contributed by atoms with Crippen LogP contribution in [-0.2, 0) is 18.3 Å². The van der Waals surface area contributed by atoms with Gasteiger partial charge in [-0.3, -0.25) is 14.3 Å². The van der Waals surface area contributed by atoms with E-state index in [1.54, 1.807) is 13.2 Å². The van der Waals surface area contributed by atoms with Crippen LogP contribution in [0.5, 0.6) is 5.75 Å². The van der Waals surface area contributed by atoms with E-state index in [1.807, 2.05) is 28.9 Å². The van der Waals surface area contributed by atoms with Crippen molar-refractivity contribution >= 4 is 11.8 Å². The number of amides is 2. The predicted molar refractivity (Wildman–Crippen MR) is 120 cm³/mol. The summed E-state index contributed by atoms with van der Waals surface area (Å²) >= 11 is 0. The Bertz CT molecular complexity index is 949. The van der Waals surface area contributed by atoms with Gasteiger partial charge in [0.2, 0.25) is 5.91 Å². The summed E-state index contributed by atoms with van der Waals surface area (Å²) in [6.07, 6.45) is 6.83. The van der Waals surface area contributed by atoms with Gasteiger partial charge in [-0.1, -0.05) is 29.8 Å². The molecule has 0 radical (unpaired) electrons. The SMILES string of the molecule is CCN1CCOc2ccccc2CCCCC2(CCN(C(=O)c3cn(C)nn3)CC2)C1=O. The average molecular weight is 440 g/mol. The monoisotopic (exact) mass is 439 g/mol. The van der Waals surface area contributed by atoms with Gasteiger partial charge in [-0.25, -0.2) is 0 Å². The number of fused-ring (bicyclic) bond motifs is 1. The number of para-hydroxylation sites is 1. The number of ether oxygens (including phenoxy) is 1. The van der Waals surface area contributed by atoms with Crippen molar-refractivity contribution in [1.29, 1.82) is 0 Å². The van der Waals surface area contributed by atoms with Crippen molar-refractivity contribution in [3.05, 3.63) is 41.7 Å². The highest BCUT2D eigenvalue weighted by Gasteiger charge is 2.44. The zero-order valence-electron chi connectivity index (χ0n) is 19.1. The highest BCUT2D eigenvalue weighted by molar-refractivity contribution is 5.92. The maximum Gasteiger partial charge on any atom is 0.276 e. The number of aromatic nitrogens is 3. The molecule has 0 bridgehead atoms. The number of likely N-dealkylation sites (N-methyl/N-ethyl adjacent to an activating group) is 1. The molecule has 0 N–H and O–H groups in total. The molecule has 8 nitrogen and oxygen atoms in total. The van der Waals surface area contributed by atoms with Crippen LogP contribution in [0.1, 0.15) is 55.1 Å². The zero-order chi connectivity index (χ0) is 22.6. The molecule has 0 atom stereocenters. The van der Waals surface area contributed by atoms with Crippen LogP contribution in [-0.4, -0.2) is 69.4 Å². The van der Waals surface area contributed by atoms with Crippen LogP contribution in [0, 0.1) is 5.41 Å². The first-order valence-electron chi connectivity index (χ1n) is 11.7. The summed E-state index contributed by atoms with van der Waals surface area (Å²) in [6.45, 7) is 4.89. The summed E-state index contributed by atoms with van der Waals surface area (Å²) < 4.78 is 7.59. The molecule has 32 heavy (non-hydrogen) atoms. The number of benzene rings is 1. The highest BCUT2D eigenvalue weighted by Crippen LogP contribution is 2.39. The largest absolute Gasteiger partial charge is 0.491 e. The second kappa shape index (κ2) is 9.71. The number of carbonyl (C=O) groups excluding carboxylic acids is 2. The number of carbonyl (C=O) groups is 2. The number of likely N-dealkylation sites (tertiary alicyclic amines) is 1. The molecule has 2 aromatic rings. The molecule has 1 fully saturated rings. The van der Waals surface area contributed by atoms with Gasteiger partial charge in [0.15, 0.2) is 5.69 Å². The number of hydrogen-bond donors (Lipinski definition) is 0. The Morgan fingerprint density at radius 2 is 1.91 bits per heavy atom. The van der Waals surface area contributed by atoms with E-state index in [-0.39, 0.29) is 11.8 Å².